The van der Waals surface area contributed by atoms with Gasteiger partial charge in [-0.3, -0.25) is 19.7 Å². The minimum absolute atomic E-state index is 0.0319. The first-order valence-electron chi connectivity index (χ1n) is 9.83. The highest BCUT2D eigenvalue weighted by molar-refractivity contribution is 6.37. The summed E-state index contributed by atoms with van der Waals surface area (Å²) < 4.78 is 5.56. The fraction of sp³-hybridized carbons (Fsp3) is 0. The van der Waals surface area contributed by atoms with Gasteiger partial charge in [-0.05, 0) is 54.6 Å². The van der Waals surface area contributed by atoms with Gasteiger partial charge in [0.05, 0.1) is 21.1 Å². The quantitative estimate of drug-likeness (QED) is 0.229. The van der Waals surface area contributed by atoms with Crippen molar-refractivity contribution in [3.8, 4) is 11.3 Å². The number of nitrogens with zero attached hydrogens (tertiary/aromatic N) is 1. The zero-order valence-corrected chi connectivity index (χ0v) is 18.8. The summed E-state index contributed by atoms with van der Waals surface area (Å²) in [4.78, 5) is 35.9. The summed E-state index contributed by atoms with van der Waals surface area (Å²) in [5, 5.41) is 17.3. The predicted molar refractivity (Wildman–Crippen MR) is 130 cm³/mol. The van der Waals surface area contributed by atoms with Crippen LogP contribution >= 0.6 is 23.2 Å². The first-order valence-corrected chi connectivity index (χ1v) is 10.6. The first-order chi connectivity index (χ1) is 16.3. The summed E-state index contributed by atoms with van der Waals surface area (Å²) in [5.41, 5.74) is 1.20. The Hall–Kier alpha value is -4.14. The topological polar surface area (TPSA) is 114 Å². The van der Waals surface area contributed by atoms with Gasteiger partial charge >= 0.3 is 0 Å². The molecule has 34 heavy (non-hydrogen) atoms. The first kappa shape index (κ1) is 23.0. The second-order valence-corrected chi connectivity index (χ2v) is 7.90. The van der Waals surface area contributed by atoms with Gasteiger partial charge in [0.25, 0.3) is 17.5 Å². The number of halogens is 2. The predicted octanol–water partition coefficient (Wildman–Crippen LogP) is 6.67. The van der Waals surface area contributed by atoms with E-state index in [0.717, 1.165) is 0 Å². The summed E-state index contributed by atoms with van der Waals surface area (Å²) in [6, 6.07) is 20.0. The number of amides is 2. The molecular weight excluding hydrogens is 481 g/mol. The molecule has 0 unspecified atom stereocenters. The molecule has 170 valence electrons. The molecule has 0 bridgehead atoms. The molecule has 0 fully saturated rings. The van der Waals surface area contributed by atoms with Crippen LogP contribution in [0.15, 0.2) is 83.3 Å². The van der Waals surface area contributed by atoms with Crippen molar-refractivity contribution in [2.75, 3.05) is 10.6 Å². The third-order valence-corrected chi connectivity index (χ3v) is 5.30. The van der Waals surface area contributed by atoms with E-state index in [2.05, 4.69) is 10.6 Å². The molecule has 1 heterocycles. The minimum atomic E-state index is -0.561. The molecule has 0 saturated carbocycles. The van der Waals surface area contributed by atoms with Crippen molar-refractivity contribution >= 4 is 52.1 Å². The molecule has 1 aromatic heterocycles. The molecule has 10 heteroatoms. The zero-order chi connectivity index (χ0) is 24.2. The third kappa shape index (κ3) is 5.09. The number of hydrogen-bond acceptors (Lipinski definition) is 5. The number of anilines is 2. The van der Waals surface area contributed by atoms with Gasteiger partial charge in [-0.1, -0.05) is 41.4 Å². The maximum atomic E-state index is 12.7. The van der Waals surface area contributed by atoms with Gasteiger partial charge in [0.15, 0.2) is 5.76 Å². The molecule has 4 rings (SSSR count). The van der Waals surface area contributed by atoms with E-state index >= 15 is 0 Å². The molecule has 0 spiro atoms. The normalized spacial score (nSPS) is 10.5. The van der Waals surface area contributed by atoms with Crippen LogP contribution in [0.1, 0.15) is 20.9 Å². The number of nitro benzene ring substituents is 1. The van der Waals surface area contributed by atoms with Crippen LogP contribution < -0.4 is 10.6 Å². The van der Waals surface area contributed by atoms with E-state index in [1.165, 1.54) is 36.4 Å². The van der Waals surface area contributed by atoms with Crippen LogP contribution in [-0.4, -0.2) is 16.7 Å². The number of carbonyl (C=O) groups is 2. The fourth-order valence-electron chi connectivity index (χ4n) is 3.19. The highest BCUT2D eigenvalue weighted by Crippen LogP contribution is 2.31. The van der Waals surface area contributed by atoms with Crippen LogP contribution in [0, 0.1) is 10.1 Å². The van der Waals surface area contributed by atoms with Gasteiger partial charge in [0.2, 0.25) is 0 Å². The molecule has 8 nitrogen and oxygen atoms in total. The second kappa shape index (κ2) is 9.78. The second-order valence-electron chi connectivity index (χ2n) is 7.05. The monoisotopic (exact) mass is 495 g/mol. The minimum Gasteiger partial charge on any atom is -0.451 e. The van der Waals surface area contributed by atoms with Gasteiger partial charge in [0, 0.05) is 22.5 Å². The molecule has 0 radical (unpaired) electrons. The average Bonchev–Trinajstić information content (AvgIpc) is 3.29. The summed E-state index contributed by atoms with van der Waals surface area (Å²) in [7, 11) is 0. The Balaban J connectivity index is 1.48. The number of nitro groups is 1. The highest BCUT2D eigenvalue weighted by Gasteiger charge is 2.19. The number of hydrogen-bond donors (Lipinski definition) is 2. The lowest BCUT2D eigenvalue weighted by molar-refractivity contribution is -0.384. The van der Waals surface area contributed by atoms with E-state index in [-0.39, 0.29) is 33.4 Å². The van der Waals surface area contributed by atoms with Crippen LogP contribution in [0.2, 0.25) is 10.0 Å². The number of para-hydroxylation sites is 1. The summed E-state index contributed by atoms with van der Waals surface area (Å²) in [6.45, 7) is 0. The smallest absolute Gasteiger partial charge is 0.291 e. The largest absolute Gasteiger partial charge is 0.451 e. The average molecular weight is 496 g/mol. The number of furan rings is 1. The van der Waals surface area contributed by atoms with Crippen molar-refractivity contribution in [1.29, 1.82) is 0 Å². The number of nitrogens with one attached hydrogen (secondary N) is 2. The summed E-state index contributed by atoms with van der Waals surface area (Å²) >= 11 is 11.9. The Labute approximate surface area is 203 Å². The Morgan fingerprint density at radius 1 is 0.824 bits per heavy atom. The molecular formula is C24H15Cl2N3O5. The molecule has 4 aromatic rings. The highest BCUT2D eigenvalue weighted by atomic mass is 35.5. The Morgan fingerprint density at radius 2 is 1.53 bits per heavy atom. The standard InChI is InChI=1S/C24H15Cl2N3O5/c25-14-8-9-17(19(26)12-14)23(30)27-15-4-3-5-16(13-15)28-24(31)22-11-10-21(34-22)18-6-1-2-7-20(18)29(32)33/h1-13H,(H,27,30)(H,28,31). The van der Waals surface area contributed by atoms with Crippen LogP contribution in [0.4, 0.5) is 17.1 Å². The maximum Gasteiger partial charge on any atom is 0.291 e. The lowest BCUT2D eigenvalue weighted by Gasteiger charge is -2.09. The Bertz CT molecular complexity index is 1420. The van der Waals surface area contributed by atoms with Crippen molar-refractivity contribution < 1.29 is 18.9 Å². The lowest BCUT2D eigenvalue weighted by atomic mass is 10.1. The molecule has 0 atom stereocenters. The van der Waals surface area contributed by atoms with Gasteiger partial charge in [-0.25, -0.2) is 0 Å². The Kier molecular flexibility index (Phi) is 6.62. The molecule has 2 N–H and O–H groups in total. The molecule has 0 aliphatic carbocycles. The summed E-state index contributed by atoms with van der Waals surface area (Å²) in [6.07, 6.45) is 0. The van der Waals surface area contributed by atoms with Crippen molar-refractivity contribution in [3.63, 3.8) is 0 Å². The van der Waals surface area contributed by atoms with Crippen LogP contribution in [-0.2, 0) is 0 Å². The lowest BCUT2D eigenvalue weighted by Crippen LogP contribution is -2.14. The molecule has 0 aliphatic heterocycles. The molecule has 3 aromatic carbocycles. The van der Waals surface area contributed by atoms with Crippen molar-refractivity contribution in [1.82, 2.24) is 0 Å². The third-order valence-electron chi connectivity index (χ3n) is 4.75. The van der Waals surface area contributed by atoms with Crippen molar-refractivity contribution in [2.45, 2.75) is 0 Å². The van der Waals surface area contributed by atoms with E-state index in [9.17, 15) is 19.7 Å². The number of benzene rings is 3. The van der Waals surface area contributed by atoms with Crippen LogP contribution in [0.3, 0.4) is 0 Å². The van der Waals surface area contributed by atoms with Crippen molar-refractivity contribution in [3.05, 3.63) is 110 Å². The van der Waals surface area contributed by atoms with E-state index in [0.29, 0.717) is 16.4 Å². The molecule has 2 amide bonds. The number of rotatable bonds is 6. The zero-order valence-electron chi connectivity index (χ0n) is 17.2. The van der Waals surface area contributed by atoms with Gasteiger partial charge in [-0.15, -0.1) is 0 Å². The van der Waals surface area contributed by atoms with E-state index in [4.69, 9.17) is 27.6 Å². The van der Waals surface area contributed by atoms with Crippen LogP contribution in [0.25, 0.3) is 11.3 Å². The van der Waals surface area contributed by atoms with Gasteiger partial charge < -0.3 is 15.1 Å². The maximum absolute atomic E-state index is 12.7. The van der Waals surface area contributed by atoms with E-state index < -0.39 is 16.7 Å². The molecule has 0 aliphatic rings. The summed E-state index contributed by atoms with van der Waals surface area (Å²) in [5.74, 6) is -0.840. The van der Waals surface area contributed by atoms with Crippen LogP contribution in [0.5, 0.6) is 0 Å². The number of carbonyl (C=O) groups excluding carboxylic acids is 2. The van der Waals surface area contributed by atoms with E-state index in [1.807, 2.05) is 0 Å². The SMILES string of the molecule is O=C(Nc1cccc(NC(=O)c2ccc(Cl)cc2Cl)c1)c1ccc(-c2ccccc2[N+](=O)[O-])o1. The van der Waals surface area contributed by atoms with Crippen molar-refractivity contribution in [2.24, 2.45) is 0 Å². The molecule has 0 saturated heterocycles. The Morgan fingerprint density at radius 3 is 2.24 bits per heavy atom. The van der Waals surface area contributed by atoms with Gasteiger partial charge in [0.1, 0.15) is 5.76 Å². The van der Waals surface area contributed by atoms with E-state index in [1.54, 1.807) is 42.5 Å². The van der Waals surface area contributed by atoms with Gasteiger partial charge in [-0.2, -0.15) is 0 Å². The fourth-order valence-corrected chi connectivity index (χ4v) is 3.68.